The van der Waals surface area contributed by atoms with Gasteiger partial charge in [-0.05, 0) is 23.1 Å². The number of fused-ring (bicyclic) bond motifs is 1. The third kappa shape index (κ3) is 4.21. The highest BCUT2D eigenvalue weighted by molar-refractivity contribution is 8.02. The van der Waals surface area contributed by atoms with Crippen LogP contribution in [0.1, 0.15) is 31.9 Å². The van der Waals surface area contributed by atoms with E-state index < -0.39 is 5.56 Å². The van der Waals surface area contributed by atoms with Gasteiger partial charge in [0.1, 0.15) is 17.4 Å². The normalized spacial score (nSPS) is 11.4. The number of carbonyl (C=O) groups excluding carboxylic acids is 1. The quantitative estimate of drug-likeness (QED) is 0.556. The van der Waals surface area contributed by atoms with E-state index >= 15 is 0 Å². The number of hydrogen-bond acceptors (Lipinski definition) is 6. The van der Waals surface area contributed by atoms with Crippen molar-refractivity contribution in [3.8, 4) is 11.8 Å². The number of amides is 1. The van der Waals surface area contributed by atoms with E-state index in [1.54, 1.807) is 0 Å². The van der Waals surface area contributed by atoms with Crippen molar-refractivity contribution in [2.24, 2.45) is 0 Å². The van der Waals surface area contributed by atoms with Gasteiger partial charge in [-0.2, -0.15) is 5.26 Å². The van der Waals surface area contributed by atoms with E-state index in [9.17, 15) is 20.0 Å². The van der Waals surface area contributed by atoms with Crippen LogP contribution in [0.25, 0.3) is 10.2 Å². The minimum absolute atomic E-state index is 0.0415. The smallest absolute Gasteiger partial charge is 0.252 e. The van der Waals surface area contributed by atoms with Gasteiger partial charge >= 0.3 is 0 Å². The number of carbonyl (C=O) groups is 1. The number of benzene rings is 1. The van der Waals surface area contributed by atoms with Gasteiger partial charge in [0.15, 0.2) is 0 Å². The van der Waals surface area contributed by atoms with E-state index in [-0.39, 0.29) is 28.4 Å². The van der Waals surface area contributed by atoms with Gasteiger partial charge in [-0.15, -0.1) is 23.1 Å². The predicted molar refractivity (Wildman–Crippen MR) is 113 cm³/mol. The van der Waals surface area contributed by atoms with Crippen LogP contribution in [0.2, 0.25) is 0 Å². The predicted octanol–water partition coefficient (Wildman–Crippen LogP) is 4.20. The molecular weight excluding hydrogens is 394 g/mol. The van der Waals surface area contributed by atoms with Crippen molar-refractivity contribution in [1.29, 1.82) is 5.26 Å². The van der Waals surface area contributed by atoms with Crippen LogP contribution in [0.15, 0.2) is 39.3 Å². The molecule has 0 bridgehead atoms. The number of nitrogens with one attached hydrogen (secondary N) is 2. The minimum Gasteiger partial charge on any atom is -0.506 e. The molecule has 3 N–H and O–H groups in total. The Hall–Kier alpha value is -2.76. The molecule has 0 saturated heterocycles. The number of aromatic nitrogens is 1. The second kappa shape index (κ2) is 7.70. The molecule has 0 radical (unpaired) electrons. The first-order chi connectivity index (χ1) is 13.2. The van der Waals surface area contributed by atoms with E-state index in [4.69, 9.17) is 0 Å². The molecule has 144 valence electrons. The number of H-pyrrole nitrogens is 1. The first-order valence-electron chi connectivity index (χ1n) is 8.51. The molecular formula is C20H19N3O3S2. The van der Waals surface area contributed by atoms with Crippen molar-refractivity contribution in [3.63, 3.8) is 0 Å². The lowest BCUT2D eigenvalue weighted by molar-refractivity contribution is -0.113. The van der Waals surface area contributed by atoms with Crippen molar-refractivity contribution >= 4 is 44.9 Å². The number of aromatic hydroxyl groups is 1. The maximum absolute atomic E-state index is 12.3. The monoisotopic (exact) mass is 413 g/mol. The fourth-order valence-electron chi connectivity index (χ4n) is 2.64. The first-order valence-corrected chi connectivity index (χ1v) is 10.3. The summed E-state index contributed by atoms with van der Waals surface area (Å²) in [6, 6.07) is 10.8. The van der Waals surface area contributed by atoms with Crippen molar-refractivity contribution in [2.45, 2.75) is 30.4 Å². The largest absolute Gasteiger partial charge is 0.506 e. The van der Waals surface area contributed by atoms with Crippen LogP contribution in [0.5, 0.6) is 5.75 Å². The van der Waals surface area contributed by atoms with Crippen molar-refractivity contribution in [1.82, 2.24) is 4.98 Å². The lowest BCUT2D eigenvalue weighted by Crippen LogP contribution is -2.15. The number of hydrogen-bond donors (Lipinski definition) is 3. The van der Waals surface area contributed by atoms with Crippen molar-refractivity contribution in [2.75, 3.05) is 11.1 Å². The van der Waals surface area contributed by atoms with Gasteiger partial charge in [0.05, 0.1) is 20.2 Å². The van der Waals surface area contributed by atoms with Gasteiger partial charge in [0.2, 0.25) is 5.91 Å². The Morgan fingerprint density at radius 3 is 2.61 bits per heavy atom. The highest BCUT2D eigenvalue weighted by Gasteiger charge is 2.18. The lowest BCUT2D eigenvalue weighted by atomic mass is 9.87. The third-order valence-corrected chi connectivity index (χ3v) is 6.59. The molecule has 2 aromatic heterocycles. The zero-order valence-electron chi connectivity index (χ0n) is 15.6. The van der Waals surface area contributed by atoms with Gasteiger partial charge in [0.25, 0.3) is 5.56 Å². The van der Waals surface area contributed by atoms with Gasteiger partial charge in [-0.25, -0.2) is 0 Å². The minimum atomic E-state index is -0.479. The van der Waals surface area contributed by atoms with Crippen LogP contribution < -0.4 is 10.9 Å². The van der Waals surface area contributed by atoms with Gasteiger partial charge in [0, 0.05) is 11.8 Å². The topological polar surface area (TPSA) is 106 Å². The number of aromatic amines is 1. The van der Waals surface area contributed by atoms with Crippen molar-refractivity contribution in [3.05, 3.63) is 51.8 Å². The Balaban J connectivity index is 1.72. The van der Waals surface area contributed by atoms with Crippen LogP contribution in [-0.2, 0) is 10.2 Å². The summed E-state index contributed by atoms with van der Waals surface area (Å²) < 4.78 is 1.00. The molecule has 8 heteroatoms. The molecule has 1 aromatic carbocycles. The molecule has 0 unspecified atom stereocenters. The van der Waals surface area contributed by atoms with E-state index in [2.05, 4.69) is 31.1 Å². The maximum atomic E-state index is 12.3. The first kappa shape index (κ1) is 20.0. The molecule has 2 heterocycles. The lowest BCUT2D eigenvalue weighted by Gasteiger charge is -2.19. The summed E-state index contributed by atoms with van der Waals surface area (Å²) in [6.07, 6.45) is 0. The zero-order chi connectivity index (χ0) is 20.5. The molecule has 1 amide bonds. The molecule has 0 spiro atoms. The summed E-state index contributed by atoms with van der Waals surface area (Å²) in [5.41, 5.74) is 2.01. The van der Waals surface area contributed by atoms with E-state index in [1.165, 1.54) is 28.7 Å². The summed E-state index contributed by atoms with van der Waals surface area (Å²) in [6.45, 7) is 6.38. The van der Waals surface area contributed by atoms with Crippen LogP contribution in [0.4, 0.5) is 5.69 Å². The fraction of sp³-hybridized carbons (Fsp3) is 0.250. The summed E-state index contributed by atoms with van der Waals surface area (Å²) >= 11 is 2.37. The fourth-order valence-corrected chi connectivity index (χ4v) is 4.79. The summed E-state index contributed by atoms with van der Waals surface area (Å²) in [5, 5.41) is 22.2. The average molecular weight is 414 g/mol. The number of nitrogens with zero attached hydrogens (tertiary/aromatic N) is 1. The maximum Gasteiger partial charge on any atom is 0.252 e. The van der Waals surface area contributed by atoms with Crippen molar-refractivity contribution < 1.29 is 9.90 Å². The number of anilines is 1. The number of pyridine rings is 1. The molecule has 0 aliphatic heterocycles. The van der Waals surface area contributed by atoms with Crippen LogP contribution in [0, 0.1) is 11.3 Å². The summed E-state index contributed by atoms with van der Waals surface area (Å²) in [5.74, 6) is -0.267. The second-order valence-electron chi connectivity index (χ2n) is 7.26. The molecule has 0 aliphatic rings. The van der Waals surface area contributed by atoms with Crippen LogP contribution in [-0.4, -0.2) is 21.8 Å². The summed E-state index contributed by atoms with van der Waals surface area (Å²) in [4.78, 5) is 26.4. The van der Waals surface area contributed by atoms with E-state index in [1.807, 2.05) is 30.3 Å². The van der Waals surface area contributed by atoms with Crippen LogP contribution in [0.3, 0.4) is 0 Å². The Morgan fingerprint density at radius 1 is 1.32 bits per heavy atom. The molecule has 28 heavy (non-hydrogen) atoms. The van der Waals surface area contributed by atoms with Gasteiger partial charge in [-0.1, -0.05) is 32.9 Å². The molecule has 0 saturated carbocycles. The highest BCUT2D eigenvalue weighted by atomic mass is 32.2. The van der Waals surface area contributed by atoms with Crippen LogP contribution >= 0.6 is 23.1 Å². The zero-order valence-corrected chi connectivity index (χ0v) is 17.3. The number of thioether (sulfide) groups is 1. The van der Waals surface area contributed by atoms with Gasteiger partial charge < -0.3 is 15.4 Å². The van der Waals surface area contributed by atoms with Gasteiger partial charge in [-0.3, -0.25) is 9.59 Å². The SMILES string of the molecule is CC(C)(C)c1ccc(NC(=O)CSc2sc3c(O)cc(=O)[nH]c3c2C#N)cc1. The molecule has 0 aliphatic carbocycles. The average Bonchev–Trinajstić information content (AvgIpc) is 2.97. The molecule has 3 rings (SSSR count). The highest BCUT2D eigenvalue weighted by Crippen LogP contribution is 2.39. The standard InChI is InChI=1S/C20H19N3O3S2/c1-20(2,3)11-4-6-12(7-5-11)22-16(26)10-27-19-13(9-21)17-18(28-19)14(24)8-15(25)23-17/h4-8H,10H2,1-3H3,(H,22,26)(H2,23,24,25). The Kier molecular flexibility index (Phi) is 5.49. The van der Waals surface area contributed by atoms with E-state index in [0.717, 1.165) is 6.07 Å². The Morgan fingerprint density at radius 2 is 2.00 bits per heavy atom. The third-order valence-electron chi connectivity index (χ3n) is 4.11. The second-order valence-corrected chi connectivity index (χ2v) is 9.53. The number of nitriles is 1. The summed E-state index contributed by atoms with van der Waals surface area (Å²) in [7, 11) is 0. The molecule has 6 nitrogen and oxygen atoms in total. The Labute approximate surface area is 170 Å². The molecule has 0 atom stereocenters. The molecule has 3 aromatic rings. The Bertz CT molecular complexity index is 1130. The number of rotatable bonds is 4. The van der Waals surface area contributed by atoms with E-state index in [0.29, 0.717) is 20.1 Å². The number of thiophene rings is 1. The molecule has 0 fully saturated rings.